The van der Waals surface area contributed by atoms with E-state index in [0.29, 0.717) is 6.04 Å². The van der Waals surface area contributed by atoms with Crippen molar-refractivity contribution in [2.75, 3.05) is 26.7 Å². The second-order valence-electron chi connectivity index (χ2n) is 6.03. The summed E-state index contributed by atoms with van der Waals surface area (Å²) in [6.45, 7) is 7.18. The summed E-state index contributed by atoms with van der Waals surface area (Å²) in [6.07, 6.45) is 2.40. The highest BCUT2D eigenvalue weighted by Gasteiger charge is 2.27. The van der Waals surface area contributed by atoms with Crippen LogP contribution in [0.2, 0.25) is 0 Å². The van der Waals surface area contributed by atoms with Crippen molar-refractivity contribution in [1.82, 2.24) is 9.80 Å². The second kappa shape index (κ2) is 7.05. The summed E-state index contributed by atoms with van der Waals surface area (Å²) < 4.78 is 0. The molecule has 0 radical (unpaired) electrons. The van der Waals surface area contributed by atoms with Gasteiger partial charge in [0, 0.05) is 19.6 Å². The van der Waals surface area contributed by atoms with Crippen LogP contribution in [0.25, 0.3) is 0 Å². The molecule has 1 amide bonds. The number of benzene rings is 1. The van der Waals surface area contributed by atoms with Crippen LogP contribution in [0.3, 0.4) is 0 Å². The Bertz CT molecular complexity index is 471. The zero-order chi connectivity index (χ0) is 15.4. The number of carbonyl (C=O) groups is 1. The summed E-state index contributed by atoms with van der Waals surface area (Å²) in [5.74, 6) is 0.00167. The lowest BCUT2D eigenvalue weighted by atomic mass is 10.0. The molecule has 1 fully saturated rings. The first-order valence-corrected chi connectivity index (χ1v) is 7.84. The van der Waals surface area contributed by atoms with E-state index >= 15 is 0 Å². The van der Waals surface area contributed by atoms with Gasteiger partial charge in [-0.05, 0) is 38.4 Å². The molecule has 1 aromatic carbocycles. The number of amides is 1. The minimum absolute atomic E-state index is 0.00167. The Morgan fingerprint density at radius 2 is 2.10 bits per heavy atom. The molecular formula is C17H27N3O. The highest BCUT2D eigenvalue weighted by Crippen LogP contribution is 2.19. The van der Waals surface area contributed by atoms with Gasteiger partial charge >= 0.3 is 0 Å². The van der Waals surface area contributed by atoms with Crippen molar-refractivity contribution in [1.29, 1.82) is 0 Å². The fraction of sp³-hybridized carbons (Fsp3) is 0.588. The van der Waals surface area contributed by atoms with E-state index in [1.54, 1.807) is 4.90 Å². The average Bonchev–Trinajstić information content (AvgIpc) is 2.93. The Hall–Kier alpha value is -1.39. The maximum absolute atomic E-state index is 12.5. The number of rotatable bonds is 5. The fourth-order valence-electron chi connectivity index (χ4n) is 3.08. The number of nitrogens with two attached hydrogens (primary N) is 1. The van der Waals surface area contributed by atoms with Crippen molar-refractivity contribution in [3.63, 3.8) is 0 Å². The van der Waals surface area contributed by atoms with E-state index < -0.39 is 6.04 Å². The zero-order valence-corrected chi connectivity index (χ0v) is 13.4. The summed E-state index contributed by atoms with van der Waals surface area (Å²) in [7, 11) is 1.86. The molecule has 2 atom stereocenters. The van der Waals surface area contributed by atoms with Crippen LogP contribution in [0.4, 0.5) is 0 Å². The van der Waals surface area contributed by atoms with Crippen molar-refractivity contribution in [3.8, 4) is 0 Å². The van der Waals surface area contributed by atoms with Crippen LogP contribution in [0, 0.1) is 6.92 Å². The Labute approximate surface area is 127 Å². The molecule has 2 unspecified atom stereocenters. The van der Waals surface area contributed by atoms with Crippen molar-refractivity contribution in [3.05, 3.63) is 35.4 Å². The van der Waals surface area contributed by atoms with Crippen LogP contribution in [-0.4, -0.2) is 48.4 Å². The fourth-order valence-corrected chi connectivity index (χ4v) is 3.08. The van der Waals surface area contributed by atoms with Gasteiger partial charge in [0.05, 0.1) is 0 Å². The first-order valence-electron chi connectivity index (χ1n) is 7.84. The predicted octanol–water partition coefficient (Wildman–Crippen LogP) is 1.94. The summed E-state index contributed by atoms with van der Waals surface area (Å²) in [5.41, 5.74) is 8.19. The SMILES string of the molecule is CCN1CCCC1CN(C)C(=O)C(N)c1ccc(C)cc1. The second-order valence-corrected chi connectivity index (χ2v) is 6.03. The summed E-state index contributed by atoms with van der Waals surface area (Å²) >= 11 is 0. The van der Waals surface area contributed by atoms with Gasteiger partial charge < -0.3 is 10.6 Å². The minimum atomic E-state index is -0.563. The van der Waals surface area contributed by atoms with Crippen molar-refractivity contribution < 1.29 is 4.79 Å². The molecule has 21 heavy (non-hydrogen) atoms. The van der Waals surface area contributed by atoms with Gasteiger partial charge in [0.1, 0.15) is 6.04 Å². The van der Waals surface area contributed by atoms with Crippen molar-refractivity contribution in [2.45, 2.75) is 38.8 Å². The molecule has 4 heteroatoms. The molecule has 1 heterocycles. The van der Waals surface area contributed by atoms with Gasteiger partial charge in [-0.15, -0.1) is 0 Å². The summed E-state index contributed by atoms with van der Waals surface area (Å²) in [6, 6.07) is 7.80. The van der Waals surface area contributed by atoms with E-state index in [4.69, 9.17) is 5.73 Å². The van der Waals surface area contributed by atoms with Gasteiger partial charge in [0.25, 0.3) is 0 Å². The van der Waals surface area contributed by atoms with Crippen LogP contribution in [0.5, 0.6) is 0 Å². The van der Waals surface area contributed by atoms with E-state index in [0.717, 1.165) is 25.2 Å². The Morgan fingerprint density at radius 3 is 2.71 bits per heavy atom. The topological polar surface area (TPSA) is 49.6 Å². The number of likely N-dealkylation sites (N-methyl/N-ethyl adjacent to an activating group) is 2. The molecule has 0 bridgehead atoms. The number of hydrogen-bond donors (Lipinski definition) is 1. The molecule has 116 valence electrons. The Balaban J connectivity index is 1.96. The molecule has 0 aliphatic carbocycles. The lowest BCUT2D eigenvalue weighted by molar-refractivity contribution is -0.132. The van der Waals surface area contributed by atoms with Crippen LogP contribution in [0.15, 0.2) is 24.3 Å². The van der Waals surface area contributed by atoms with E-state index in [2.05, 4.69) is 11.8 Å². The number of aryl methyl sites for hydroxylation is 1. The molecular weight excluding hydrogens is 262 g/mol. The minimum Gasteiger partial charge on any atom is -0.343 e. The molecule has 1 aliphatic rings. The smallest absolute Gasteiger partial charge is 0.243 e. The standard InChI is InChI=1S/C17H27N3O/c1-4-20-11-5-6-15(20)12-19(3)17(21)16(18)14-9-7-13(2)8-10-14/h7-10,15-16H,4-6,11-12,18H2,1-3H3. The van der Waals surface area contributed by atoms with Crippen molar-refractivity contribution >= 4 is 5.91 Å². The molecule has 1 aromatic rings. The number of likely N-dealkylation sites (tertiary alicyclic amines) is 1. The van der Waals surface area contributed by atoms with Crippen LogP contribution in [0.1, 0.15) is 36.9 Å². The van der Waals surface area contributed by atoms with E-state index in [1.807, 2.05) is 38.2 Å². The van der Waals surface area contributed by atoms with Gasteiger partial charge in [0.15, 0.2) is 0 Å². The largest absolute Gasteiger partial charge is 0.343 e. The molecule has 2 N–H and O–H groups in total. The van der Waals surface area contributed by atoms with Gasteiger partial charge in [-0.1, -0.05) is 36.8 Å². The quantitative estimate of drug-likeness (QED) is 0.901. The van der Waals surface area contributed by atoms with Gasteiger partial charge in [0.2, 0.25) is 5.91 Å². The summed E-state index contributed by atoms with van der Waals surface area (Å²) in [5, 5.41) is 0. The van der Waals surface area contributed by atoms with Crippen LogP contribution < -0.4 is 5.73 Å². The predicted molar refractivity (Wildman–Crippen MR) is 86.0 cm³/mol. The lowest BCUT2D eigenvalue weighted by Gasteiger charge is -2.29. The highest BCUT2D eigenvalue weighted by atomic mass is 16.2. The highest BCUT2D eigenvalue weighted by molar-refractivity contribution is 5.82. The lowest BCUT2D eigenvalue weighted by Crippen LogP contribution is -2.44. The molecule has 0 aromatic heterocycles. The molecule has 2 rings (SSSR count). The molecule has 1 saturated heterocycles. The van der Waals surface area contributed by atoms with Gasteiger partial charge in [-0.3, -0.25) is 9.69 Å². The van der Waals surface area contributed by atoms with E-state index in [-0.39, 0.29) is 5.91 Å². The number of hydrogen-bond acceptors (Lipinski definition) is 3. The molecule has 1 aliphatic heterocycles. The third kappa shape index (κ3) is 3.83. The third-order valence-corrected chi connectivity index (χ3v) is 4.47. The van der Waals surface area contributed by atoms with E-state index in [9.17, 15) is 4.79 Å². The number of nitrogens with zero attached hydrogens (tertiary/aromatic N) is 2. The van der Waals surface area contributed by atoms with Crippen molar-refractivity contribution in [2.24, 2.45) is 5.73 Å². The van der Waals surface area contributed by atoms with Gasteiger partial charge in [-0.25, -0.2) is 0 Å². The van der Waals surface area contributed by atoms with Gasteiger partial charge in [-0.2, -0.15) is 0 Å². The zero-order valence-electron chi connectivity index (χ0n) is 13.4. The van der Waals surface area contributed by atoms with Crippen LogP contribution >= 0.6 is 0 Å². The maximum atomic E-state index is 12.5. The molecule has 4 nitrogen and oxygen atoms in total. The first-order chi connectivity index (χ1) is 10.0. The third-order valence-electron chi connectivity index (χ3n) is 4.47. The molecule has 0 saturated carbocycles. The van der Waals surface area contributed by atoms with Crippen LogP contribution in [-0.2, 0) is 4.79 Å². The Morgan fingerprint density at radius 1 is 1.43 bits per heavy atom. The summed E-state index contributed by atoms with van der Waals surface area (Å²) in [4.78, 5) is 16.7. The van der Waals surface area contributed by atoms with E-state index in [1.165, 1.54) is 18.4 Å². The first kappa shape index (κ1) is 16.0. The number of carbonyl (C=O) groups excluding carboxylic acids is 1. The molecule has 0 spiro atoms. The monoisotopic (exact) mass is 289 g/mol. The average molecular weight is 289 g/mol. The Kier molecular flexibility index (Phi) is 5.37. The normalized spacial score (nSPS) is 20.5. The maximum Gasteiger partial charge on any atom is 0.243 e.